The summed E-state index contributed by atoms with van der Waals surface area (Å²) in [6.07, 6.45) is 5.36. The Balaban J connectivity index is 1.98. The van der Waals surface area contributed by atoms with Crippen molar-refractivity contribution in [2.45, 2.75) is 32.1 Å². The van der Waals surface area contributed by atoms with E-state index in [0.717, 1.165) is 37.1 Å². The largest absolute Gasteiger partial charge is 0.457 e. The highest BCUT2D eigenvalue weighted by atomic mass is 35.5. The molecule has 1 radical (unpaired) electrons. The first-order valence-electron chi connectivity index (χ1n) is 5.05. The number of rotatable bonds is 8. The van der Waals surface area contributed by atoms with Gasteiger partial charge in [-0.05, 0) is 30.7 Å². The summed E-state index contributed by atoms with van der Waals surface area (Å²) >= 11 is 7.68. The van der Waals surface area contributed by atoms with Crippen LogP contribution in [0.2, 0.25) is 5.02 Å². The minimum Gasteiger partial charge on any atom is -0.457 e. The molecule has 1 heterocycles. The van der Waals surface area contributed by atoms with E-state index in [4.69, 9.17) is 11.6 Å². The fraction of sp³-hybridized carbons (Fsp3) is 0.545. The summed E-state index contributed by atoms with van der Waals surface area (Å²) in [5.74, 6) is 0. The molecule has 83 valence electrons. The molecule has 2 nitrogen and oxygen atoms in total. The van der Waals surface area contributed by atoms with Gasteiger partial charge in [-0.1, -0.05) is 24.4 Å². The van der Waals surface area contributed by atoms with Gasteiger partial charge in [-0.3, -0.25) is 0 Å². The van der Waals surface area contributed by atoms with Crippen LogP contribution in [0.3, 0.4) is 0 Å². The molecule has 1 aromatic rings. The molecule has 0 aliphatic rings. The van der Waals surface area contributed by atoms with Gasteiger partial charge >= 0.3 is 6.47 Å². The highest BCUT2D eigenvalue weighted by molar-refractivity contribution is 7.10. The zero-order valence-electron chi connectivity index (χ0n) is 8.50. The first-order valence-corrected chi connectivity index (χ1v) is 6.31. The highest BCUT2D eigenvalue weighted by Crippen LogP contribution is 2.23. The number of ether oxygens (including phenoxy) is 1. The maximum atomic E-state index is 9.73. The van der Waals surface area contributed by atoms with E-state index < -0.39 is 0 Å². The van der Waals surface area contributed by atoms with Gasteiger partial charge in [-0.25, -0.2) is 4.79 Å². The van der Waals surface area contributed by atoms with E-state index in [2.05, 4.69) is 4.74 Å². The molecular formula is C11H14ClO2S. The molecule has 0 saturated heterocycles. The van der Waals surface area contributed by atoms with Crippen molar-refractivity contribution in [3.8, 4) is 0 Å². The van der Waals surface area contributed by atoms with Crippen molar-refractivity contribution in [3.63, 3.8) is 0 Å². The molecule has 0 amide bonds. The summed E-state index contributed by atoms with van der Waals surface area (Å²) in [5.41, 5.74) is 0. The van der Waals surface area contributed by atoms with E-state index in [9.17, 15) is 4.79 Å². The molecule has 0 aliphatic carbocycles. The van der Waals surface area contributed by atoms with Crippen LogP contribution in [0, 0.1) is 0 Å². The van der Waals surface area contributed by atoms with Crippen molar-refractivity contribution < 1.29 is 9.53 Å². The van der Waals surface area contributed by atoms with Crippen LogP contribution in [0.4, 0.5) is 0 Å². The van der Waals surface area contributed by atoms with Crippen molar-refractivity contribution in [1.82, 2.24) is 0 Å². The molecule has 4 heteroatoms. The van der Waals surface area contributed by atoms with Gasteiger partial charge in [0.15, 0.2) is 0 Å². The Hall–Kier alpha value is -0.540. The summed E-state index contributed by atoms with van der Waals surface area (Å²) in [4.78, 5) is 11.0. The maximum absolute atomic E-state index is 9.73. The summed E-state index contributed by atoms with van der Waals surface area (Å²) in [6.45, 7) is 1.91. The lowest BCUT2D eigenvalue weighted by atomic mass is 10.1. The number of thiophene rings is 1. The Labute approximate surface area is 99.2 Å². The molecule has 1 rings (SSSR count). The standard InChI is InChI=1S/C11H14ClO2S/c12-10-6-8-15-11(10)5-3-1-2-4-7-14-9-13/h6,8H,1-5,7H2. The number of halogens is 1. The second kappa shape index (κ2) is 7.71. The zero-order valence-corrected chi connectivity index (χ0v) is 10.1. The first kappa shape index (κ1) is 12.5. The van der Waals surface area contributed by atoms with Crippen LogP contribution in [0.25, 0.3) is 0 Å². The third-order valence-corrected chi connectivity index (χ3v) is 3.60. The molecule has 1 aromatic heterocycles. The SMILES string of the molecule is O=[C]OCCCCCCc1sccc1Cl. The van der Waals surface area contributed by atoms with Gasteiger partial charge in [0.1, 0.15) is 0 Å². The van der Waals surface area contributed by atoms with Crippen LogP contribution in [0.5, 0.6) is 0 Å². The van der Waals surface area contributed by atoms with Crippen molar-refractivity contribution in [2.24, 2.45) is 0 Å². The molecule has 0 unspecified atom stereocenters. The van der Waals surface area contributed by atoms with Gasteiger partial charge in [0.05, 0.1) is 11.6 Å². The lowest BCUT2D eigenvalue weighted by molar-refractivity contribution is 0.269. The number of aryl methyl sites for hydroxylation is 1. The van der Waals surface area contributed by atoms with E-state index in [-0.39, 0.29) is 0 Å². The van der Waals surface area contributed by atoms with Crippen LogP contribution in [0.1, 0.15) is 30.6 Å². The summed E-state index contributed by atoms with van der Waals surface area (Å²) in [7, 11) is 0. The summed E-state index contributed by atoms with van der Waals surface area (Å²) < 4.78 is 4.48. The zero-order chi connectivity index (χ0) is 10.9. The van der Waals surface area contributed by atoms with Gasteiger partial charge in [-0.2, -0.15) is 0 Å². The van der Waals surface area contributed by atoms with E-state index in [1.165, 1.54) is 11.3 Å². The summed E-state index contributed by atoms with van der Waals surface area (Å²) in [5, 5.41) is 2.91. The predicted octanol–water partition coefficient (Wildman–Crippen LogP) is 3.59. The number of unbranched alkanes of at least 4 members (excludes halogenated alkanes) is 3. The van der Waals surface area contributed by atoms with Crippen molar-refractivity contribution >= 4 is 29.4 Å². The second-order valence-corrected chi connectivity index (χ2v) is 4.70. The molecule has 0 atom stereocenters. The second-order valence-electron chi connectivity index (χ2n) is 3.29. The van der Waals surface area contributed by atoms with Crippen molar-refractivity contribution in [1.29, 1.82) is 0 Å². The van der Waals surface area contributed by atoms with Crippen molar-refractivity contribution in [3.05, 3.63) is 21.3 Å². The monoisotopic (exact) mass is 245 g/mol. The topological polar surface area (TPSA) is 26.3 Å². The van der Waals surface area contributed by atoms with Gasteiger partial charge in [0.25, 0.3) is 0 Å². The van der Waals surface area contributed by atoms with Crippen LogP contribution < -0.4 is 0 Å². The Morgan fingerprint density at radius 1 is 1.33 bits per heavy atom. The molecule has 0 saturated carbocycles. The average Bonchev–Trinajstić information content (AvgIpc) is 2.63. The van der Waals surface area contributed by atoms with Gasteiger partial charge < -0.3 is 4.74 Å². The number of hydrogen-bond donors (Lipinski definition) is 0. The Kier molecular flexibility index (Phi) is 6.44. The van der Waals surface area contributed by atoms with Crippen LogP contribution >= 0.6 is 22.9 Å². The molecule has 0 spiro atoms. The highest BCUT2D eigenvalue weighted by Gasteiger charge is 2.00. The molecule has 15 heavy (non-hydrogen) atoms. The van der Waals surface area contributed by atoms with Crippen LogP contribution in [-0.4, -0.2) is 13.1 Å². The summed E-state index contributed by atoms with van der Waals surface area (Å²) in [6, 6.07) is 1.94. The lowest BCUT2D eigenvalue weighted by Gasteiger charge is -2.00. The van der Waals surface area contributed by atoms with Crippen LogP contribution in [-0.2, 0) is 16.0 Å². The Morgan fingerprint density at radius 3 is 2.80 bits per heavy atom. The predicted molar refractivity (Wildman–Crippen MR) is 63.1 cm³/mol. The molecule has 0 bridgehead atoms. The maximum Gasteiger partial charge on any atom is 0.417 e. The fourth-order valence-electron chi connectivity index (χ4n) is 1.36. The molecule has 0 fully saturated rings. The quantitative estimate of drug-likeness (QED) is 0.655. The fourth-order valence-corrected chi connectivity index (χ4v) is 2.54. The molecule has 0 aliphatic heterocycles. The smallest absolute Gasteiger partial charge is 0.417 e. The van der Waals surface area contributed by atoms with Gasteiger partial charge in [0.2, 0.25) is 0 Å². The molecule has 0 aromatic carbocycles. The average molecular weight is 246 g/mol. The van der Waals surface area contributed by atoms with E-state index in [1.54, 1.807) is 11.3 Å². The Bertz CT molecular complexity index is 286. The van der Waals surface area contributed by atoms with Gasteiger partial charge in [0, 0.05) is 4.88 Å². The Morgan fingerprint density at radius 2 is 2.13 bits per heavy atom. The van der Waals surface area contributed by atoms with E-state index >= 15 is 0 Å². The van der Waals surface area contributed by atoms with Crippen LogP contribution in [0.15, 0.2) is 11.4 Å². The minimum atomic E-state index is 0.489. The van der Waals surface area contributed by atoms with Gasteiger partial charge in [-0.15, -0.1) is 11.3 Å². The van der Waals surface area contributed by atoms with E-state index in [1.807, 2.05) is 11.4 Å². The van der Waals surface area contributed by atoms with Crippen molar-refractivity contribution in [2.75, 3.05) is 6.61 Å². The first-order chi connectivity index (χ1) is 7.34. The number of hydrogen-bond acceptors (Lipinski definition) is 3. The minimum absolute atomic E-state index is 0.489. The molecular weight excluding hydrogens is 232 g/mol. The lowest BCUT2D eigenvalue weighted by Crippen LogP contribution is -1.91. The van der Waals surface area contributed by atoms with E-state index in [0.29, 0.717) is 6.61 Å². The third kappa shape index (κ3) is 5.19. The third-order valence-electron chi connectivity index (χ3n) is 2.15. The normalized spacial score (nSPS) is 10.2. The number of carbonyl (C=O) groups excluding carboxylic acids is 1. The molecule has 0 N–H and O–H groups in total.